The maximum atomic E-state index is 13.7. The second-order valence-corrected chi connectivity index (χ2v) is 7.16. The van der Waals surface area contributed by atoms with Gasteiger partial charge in [-0.1, -0.05) is 23.7 Å². The standard InChI is InChI=1S/C19H19ClFN3O4/c20-13-3-1-12(2-4-13)19(5-7-28-8-6-19)11-23-18(25)15-9-14(21)10-16(17(15)22)24(26)27/h1-4,9-10H,5-8,11,22H2,(H,23,25). The van der Waals surface area contributed by atoms with Crippen LogP contribution in [-0.2, 0) is 10.2 Å². The Bertz CT molecular complexity index is 899. The monoisotopic (exact) mass is 407 g/mol. The third-order valence-electron chi connectivity index (χ3n) is 5.06. The molecule has 2 aromatic carbocycles. The summed E-state index contributed by atoms with van der Waals surface area (Å²) in [5.74, 6) is -1.57. The van der Waals surface area contributed by atoms with Crippen LogP contribution in [0.5, 0.6) is 0 Å². The SMILES string of the molecule is Nc1c(C(=O)NCC2(c3ccc(Cl)cc3)CCOCC2)cc(F)cc1[N+](=O)[O-]. The minimum absolute atomic E-state index is 0.251. The first kappa shape index (κ1) is 20.0. The molecule has 1 saturated heterocycles. The molecule has 3 rings (SSSR count). The molecule has 0 unspecified atom stereocenters. The number of carbonyl (C=O) groups is 1. The highest BCUT2D eigenvalue weighted by molar-refractivity contribution is 6.30. The van der Waals surface area contributed by atoms with Gasteiger partial charge in [-0.3, -0.25) is 14.9 Å². The lowest BCUT2D eigenvalue weighted by Gasteiger charge is -2.38. The summed E-state index contributed by atoms with van der Waals surface area (Å²) >= 11 is 5.98. The van der Waals surface area contributed by atoms with Gasteiger partial charge in [-0.15, -0.1) is 0 Å². The molecule has 0 aromatic heterocycles. The highest BCUT2D eigenvalue weighted by atomic mass is 35.5. The summed E-state index contributed by atoms with van der Waals surface area (Å²) in [6, 6.07) is 8.96. The summed E-state index contributed by atoms with van der Waals surface area (Å²) in [6.07, 6.45) is 1.35. The van der Waals surface area contributed by atoms with Crippen molar-refractivity contribution < 1.29 is 18.8 Å². The molecule has 1 fully saturated rings. The van der Waals surface area contributed by atoms with E-state index in [1.165, 1.54) is 0 Å². The van der Waals surface area contributed by atoms with Crippen molar-refractivity contribution in [2.75, 3.05) is 25.5 Å². The zero-order chi connectivity index (χ0) is 20.3. The van der Waals surface area contributed by atoms with Crippen LogP contribution in [0.25, 0.3) is 0 Å². The van der Waals surface area contributed by atoms with Gasteiger partial charge in [-0.05, 0) is 36.6 Å². The van der Waals surface area contributed by atoms with Crippen LogP contribution < -0.4 is 11.1 Å². The van der Waals surface area contributed by atoms with Gasteiger partial charge in [0.15, 0.2) is 0 Å². The Morgan fingerprint density at radius 2 is 1.93 bits per heavy atom. The molecular formula is C19H19ClFN3O4. The van der Waals surface area contributed by atoms with Crippen LogP contribution in [0.4, 0.5) is 15.8 Å². The molecule has 2 aromatic rings. The topological polar surface area (TPSA) is 107 Å². The molecule has 1 amide bonds. The Hall–Kier alpha value is -2.71. The molecule has 1 aliphatic rings. The van der Waals surface area contributed by atoms with Crippen molar-refractivity contribution in [3.63, 3.8) is 0 Å². The molecule has 7 nitrogen and oxygen atoms in total. The number of nitro benzene ring substituents is 1. The number of nitro groups is 1. The van der Waals surface area contributed by atoms with E-state index in [1.807, 2.05) is 12.1 Å². The number of anilines is 1. The Balaban J connectivity index is 1.85. The first-order valence-electron chi connectivity index (χ1n) is 8.68. The number of nitrogens with zero attached hydrogens (tertiary/aromatic N) is 1. The lowest BCUT2D eigenvalue weighted by Crippen LogP contribution is -2.44. The summed E-state index contributed by atoms with van der Waals surface area (Å²) in [5, 5.41) is 14.4. The van der Waals surface area contributed by atoms with Gasteiger partial charge in [0.25, 0.3) is 11.6 Å². The van der Waals surface area contributed by atoms with E-state index in [2.05, 4.69) is 5.32 Å². The minimum atomic E-state index is -0.899. The summed E-state index contributed by atoms with van der Waals surface area (Å²) in [6.45, 7) is 1.32. The third kappa shape index (κ3) is 4.07. The van der Waals surface area contributed by atoms with Gasteiger partial charge in [0.2, 0.25) is 0 Å². The lowest BCUT2D eigenvalue weighted by molar-refractivity contribution is -0.384. The van der Waals surface area contributed by atoms with Crippen molar-refractivity contribution in [1.29, 1.82) is 0 Å². The highest BCUT2D eigenvalue weighted by Gasteiger charge is 2.35. The second-order valence-electron chi connectivity index (χ2n) is 6.73. The lowest BCUT2D eigenvalue weighted by atomic mass is 9.74. The number of hydrogen-bond acceptors (Lipinski definition) is 5. The maximum Gasteiger partial charge on any atom is 0.295 e. The van der Waals surface area contributed by atoms with E-state index in [-0.39, 0.29) is 23.2 Å². The fourth-order valence-corrected chi connectivity index (χ4v) is 3.55. The Morgan fingerprint density at radius 3 is 2.54 bits per heavy atom. The number of hydrogen-bond donors (Lipinski definition) is 2. The van der Waals surface area contributed by atoms with Crippen LogP contribution in [0.3, 0.4) is 0 Å². The molecule has 0 spiro atoms. The number of amides is 1. The zero-order valence-electron chi connectivity index (χ0n) is 14.9. The normalized spacial score (nSPS) is 15.8. The zero-order valence-corrected chi connectivity index (χ0v) is 15.7. The van der Waals surface area contributed by atoms with Crippen LogP contribution in [0.2, 0.25) is 5.02 Å². The average Bonchev–Trinajstić information content (AvgIpc) is 2.68. The Morgan fingerprint density at radius 1 is 1.29 bits per heavy atom. The third-order valence-corrected chi connectivity index (χ3v) is 5.31. The minimum Gasteiger partial charge on any atom is -0.393 e. The molecule has 0 radical (unpaired) electrons. The van der Waals surface area contributed by atoms with Crippen molar-refractivity contribution >= 4 is 28.9 Å². The number of halogens is 2. The number of nitrogen functional groups attached to an aromatic ring is 1. The fourth-order valence-electron chi connectivity index (χ4n) is 3.42. The molecular weight excluding hydrogens is 389 g/mol. The van der Waals surface area contributed by atoms with Gasteiger partial charge in [-0.2, -0.15) is 0 Å². The number of rotatable bonds is 5. The fraction of sp³-hybridized carbons (Fsp3) is 0.316. The predicted molar refractivity (Wildman–Crippen MR) is 103 cm³/mol. The van der Waals surface area contributed by atoms with E-state index in [4.69, 9.17) is 22.1 Å². The summed E-state index contributed by atoms with van der Waals surface area (Å²) < 4.78 is 19.2. The van der Waals surface area contributed by atoms with E-state index < -0.39 is 22.3 Å². The molecule has 148 valence electrons. The van der Waals surface area contributed by atoms with Crippen molar-refractivity contribution in [1.82, 2.24) is 5.32 Å². The van der Waals surface area contributed by atoms with Crippen molar-refractivity contribution in [3.05, 3.63) is 68.5 Å². The van der Waals surface area contributed by atoms with Gasteiger partial charge < -0.3 is 15.8 Å². The van der Waals surface area contributed by atoms with Gasteiger partial charge >= 0.3 is 0 Å². The van der Waals surface area contributed by atoms with Crippen molar-refractivity contribution in [2.45, 2.75) is 18.3 Å². The highest BCUT2D eigenvalue weighted by Crippen LogP contribution is 2.35. The Labute approximate surface area is 165 Å². The van der Waals surface area contributed by atoms with E-state index in [9.17, 15) is 19.3 Å². The van der Waals surface area contributed by atoms with E-state index >= 15 is 0 Å². The van der Waals surface area contributed by atoms with E-state index in [0.717, 1.165) is 11.6 Å². The first-order valence-corrected chi connectivity index (χ1v) is 9.06. The van der Waals surface area contributed by atoms with Crippen molar-refractivity contribution in [2.24, 2.45) is 0 Å². The molecule has 1 heterocycles. The van der Waals surface area contributed by atoms with Gasteiger partial charge in [0.05, 0.1) is 16.6 Å². The maximum absolute atomic E-state index is 13.7. The van der Waals surface area contributed by atoms with E-state index in [0.29, 0.717) is 37.1 Å². The first-order chi connectivity index (χ1) is 13.3. The van der Waals surface area contributed by atoms with Crippen LogP contribution in [0.15, 0.2) is 36.4 Å². The number of nitrogens with two attached hydrogens (primary N) is 1. The number of benzene rings is 2. The molecule has 1 aliphatic heterocycles. The molecule has 0 aliphatic carbocycles. The predicted octanol–water partition coefficient (Wildman–Crippen LogP) is 3.45. The number of nitrogens with one attached hydrogen (secondary N) is 1. The average molecular weight is 408 g/mol. The van der Waals surface area contributed by atoms with Gasteiger partial charge in [0.1, 0.15) is 11.5 Å². The van der Waals surface area contributed by atoms with Crippen LogP contribution in [0, 0.1) is 15.9 Å². The summed E-state index contributed by atoms with van der Waals surface area (Å²) in [4.78, 5) is 22.8. The van der Waals surface area contributed by atoms with Gasteiger partial charge in [-0.25, -0.2) is 4.39 Å². The Kier molecular flexibility index (Phi) is 5.81. The largest absolute Gasteiger partial charge is 0.393 e. The molecule has 3 N–H and O–H groups in total. The molecule has 0 atom stereocenters. The quantitative estimate of drug-likeness (QED) is 0.448. The summed E-state index contributed by atoms with van der Waals surface area (Å²) in [5.41, 5.74) is 5.08. The molecule has 28 heavy (non-hydrogen) atoms. The number of carbonyl (C=O) groups excluding carboxylic acids is 1. The smallest absolute Gasteiger partial charge is 0.295 e. The van der Waals surface area contributed by atoms with Gasteiger partial charge in [0, 0.05) is 30.2 Å². The van der Waals surface area contributed by atoms with Crippen molar-refractivity contribution in [3.8, 4) is 0 Å². The molecule has 0 bridgehead atoms. The molecule has 9 heteroatoms. The van der Waals surface area contributed by atoms with Crippen LogP contribution >= 0.6 is 11.6 Å². The number of ether oxygens (including phenoxy) is 1. The van der Waals surface area contributed by atoms with E-state index in [1.54, 1.807) is 12.1 Å². The van der Waals surface area contributed by atoms with Crippen LogP contribution in [0.1, 0.15) is 28.8 Å². The van der Waals surface area contributed by atoms with Crippen LogP contribution in [-0.4, -0.2) is 30.6 Å². The second kappa shape index (κ2) is 8.12. The summed E-state index contributed by atoms with van der Waals surface area (Å²) in [7, 11) is 0. The molecule has 0 saturated carbocycles.